The number of anilines is 1. The van der Waals surface area contributed by atoms with Crippen molar-refractivity contribution in [2.45, 2.75) is 6.61 Å². The number of hydrogen-bond acceptors (Lipinski definition) is 4. The quantitative estimate of drug-likeness (QED) is 0.750. The molecule has 24 heavy (non-hydrogen) atoms. The predicted octanol–water partition coefficient (Wildman–Crippen LogP) is 4.32. The van der Waals surface area contributed by atoms with Crippen LogP contribution in [0.5, 0.6) is 0 Å². The molecule has 0 aliphatic heterocycles. The molecule has 6 nitrogen and oxygen atoms in total. The van der Waals surface area contributed by atoms with Crippen LogP contribution in [-0.4, -0.2) is 21.1 Å². The molecule has 3 aromatic rings. The van der Waals surface area contributed by atoms with Crippen molar-refractivity contribution in [2.24, 2.45) is 0 Å². The second-order valence-electron chi connectivity index (χ2n) is 4.82. The normalized spacial score (nSPS) is 10.4. The van der Waals surface area contributed by atoms with Gasteiger partial charge in [-0.2, -0.15) is 0 Å². The van der Waals surface area contributed by atoms with E-state index in [0.717, 1.165) is 0 Å². The summed E-state index contributed by atoms with van der Waals surface area (Å²) in [6.07, 6.45) is 1.08. The van der Waals surface area contributed by atoms with Gasteiger partial charge >= 0.3 is 6.09 Å². The second-order valence-corrected chi connectivity index (χ2v) is 5.63. The molecule has 1 heterocycles. The maximum atomic E-state index is 11.7. The number of hydrogen-bond donors (Lipinski definition) is 1. The highest BCUT2D eigenvalue weighted by molar-refractivity contribution is 6.42. The van der Waals surface area contributed by atoms with E-state index in [2.05, 4.69) is 15.6 Å². The number of aromatic nitrogens is 3. The third-order valence-electron chi connectivity index (χ3n) is 3.08. The van der Waals surface area contributed by atoms with Crippen LogP contribution in [0.15, 0.2) is 54.7 Å². The first-order valence-corrected chi connectivity index (χ1v) is 7.73. The van der Waals surface area contributed by atoms with Crippen LogP contribution in [0.4, 0.5) is 10.5 Å². The van der Waals surface area contributed by atoms with Crippen molar-refractivity contribution in [1.82, 2.24) is 15.0 Å². The fourth-order valence-corrected chi connectivity index (χ4v) is 2.23. The molecule has 1 N–H and O–H groups in total. The van der Waals surface area contributed by atoms with Crippen molar-refractivity contribution in [3.05, 3.63) is 70.5 Å². The molecule has 0 spiro atoms. The van der Waals surface area contributed by atoms with Crippen molar-refractivity contribution in [2.75, 3.05) is 5.32 Å². The van der Waals surface area contributed by atoms with Gasteiger partial charge in [0.15, 0.2) is 0 Å². The van der Waals surface area contributed by atoms with Crippen molar-refractivity contribution >= 4 is 35.0 Å². The Balaban J connectivity index is 1.60. The number of para-hydroxylation sites is 1. The first kappa shape index (κ1) is 16.3. The third-order valence-corrected chi connectivity index (χ3v) is 3.82. The summed E-state index contributed by atoms with van der Waals surface area (Å²) in [5, 5.41) is 11.4. The van der Waals surface area contributed by atoms with E-state index in [1.807, 2.05) is 18.2 Å². The van der Waals surface area contributed by atoms with Gasteiger partial charge in [0.25, 0.3) is 0 Å². The molecule has 0 atom stereocenters. The standard InChI is InChI=1S/C16H12Cl2N4O2/c17-14-7-6-13(8-15(14)18)22-9-12(20-21-22)10-24-16(23)19-11-4-2-1-3-5-11/h1-9H,10H2,(H,19,23). The van der Waals surface area contributed by atoms with Gasteiger partial charge in [-0.3, -0.25) is 5.32 Å². The second kappa shape index (κ2) is 7.33. The lowest BCUT2D eigenvalue weighted by molar-refractivity contribution is 0.153. The van der Waals surface area contributed by atoms with Crippen LogP contribution < -0.4 is 5.32 Å². The summed E-state index contributed by atoms with van der Waals surface area (Å²) in [6, 6.07) is 14.1. The Morgan fingerprint density at radius 3 is 2.67 bits per heavy atom. The molecule has 0 saturated carbocycles. The lowest BCUT2D eigenvalue weighted by Gasteiger charge is -2.05. The van der Waals surface area contributed by atoms with Crippen LogP contribution in [0.3, 0.4) is 0 Å². The van der Waals surface area contributed by atoms with Gasteiger partial charge in [-0.25, -0.2) is 9.48 Å². The average molecular weight is 363 g/mol. The van der Waals surface area contributed by atoms with Gasteiger partial charge < -0.3 is 4.74 Å². The van der Waals surface area contributed by atoms with Gasteiger partial charge in [0.05, 0.1) is 21.9 Å². The number of benzene rings is 2. The molecule has 0 aliphatic carbocycles. The summed E-state index contributed by atoms with van der Waals surface area (Å²) in [6.45, 7) is -0.0000111. The SMILES string of the molecule is O=C(Nc1ccccc1)OCc1cn(-c2ccc(Cl)c(Cl)c2)nn1. The largest absolute Gasteiger partial charge is 0.443 e. The molecule has 0 unspecified atom stereocenters. The van der Waals surface area contributed by atoms with Gasteiger partial charge in [0.2, 0.25) is 0 Å². The maximum absolute atomic E-state index is 11.7. The molecule has 0 saturated heterocycles. The van der Waals surface area contributed by atoms with E-state index in [1.165, 1.54) is 4.68 Å². The molecular formula is C16H12Cl2N4O2. The monoisotopic (exact) mass is 362 g/mol. The summed E-state index contributed by atoms with van der Waals surface area (Å²) in [5.74, 6) is 0. The molecular weight excluding hydrogens is 351 g/mol. The zero-order valence-corrected chi connectivity index (χ0v) is 13.8. The van der Waals surface area contributed by atoms with Crippen LogP contribution in [0, 0.1) is 0 Å². The molecule has 0 bridgehead atoms. The molecule has 1 aromatic heterocycles. The van der Waals surface area contributed by atoms with Crippen LogP contribution in [0.2, 0.25) is 10.0 Å². The molecule has 1 amide bonds. The molecule has 0 aliphatic rings. The zero-order chi connectivity index (χ0) is 16.9. The summed E-state index contributed by atoms with van der Waals surface area (Å²) in [7, 11) is 0. The Morgan fingerprint density at radius 2 is 1.92 bits per heavy atom. The smallest absolute Gasteiger partial charge is 0.412 e. The molecule has 0 fully saturated rings. The van der Waals surface area contributed by atoms with Crippen molar-refractivity contribution in [3.63, 3.8) is 0 Å². The van der Waals surface area contributed by atoms with Gasteiger partial charge in [0.1, 0.15) is 12.3 Å². The fraction of sp³-hybridized carbons (Fsp3) is 0.0625. The van der Waals surface area contributed by atoms with E-state index in [-0.39, 0.29) is 6.61 Å². The highest BCUT2D eigenvalue weighted by Gasteiger charge is 2.08. The topological polar surface area (TPSA) is 69.0 Å². The lowest BCUT2D eigenvalue weighted by atomic mass is 10.3. The van der Waals surface area contributed by atoms with Gasteiger partial charge in [0, 0.05) is 5.69 Å². The number of ether oxygens (including phenoxy) is 1. The zero-order valence-electron chi connectivity index (χ0n) is 12.3. The fourth-order valence-electron chi connectivity index (χ4n) is 1.93. The van der Waals surface area contributed by atoms with Crippen LogP contribution in [-0.2, 0) is 11.3 Å². The number of rotatable bonds is 4. The van der Waals surface area contributed by atoms with E-state index in [4.69, 9.17) is 27.9 Å². The number of carbonyl (C=O) groups excluding carboxylic acids is 1. The summed E-state index contributed by atoms with van der Waals surface area (Å²) >= 11 is 11.9. The van der Waals surface area contributed by atoms with Crippen LogP contribution >= 0.6 is 23.2 Å². The van der Waals surface area contributed by atoms with Crippen molar-refractivity contribution < 1.29 is 9.53 Å². The number of nitrogens with one attached hydrogen (secondary N) is 1. The lowest BCUT2D eigenvalue weighted by Crippen LogP contribution is -2.13. The molecule has 0 radical (unpaired) electrons. The minimum atomic E-state index is -0.565. The van der Waals surface area contributed by atoms with Crippen LogP contribution in [0.25, 0.3) is 5.69 Å². The Labute approximate surface area is 148 Å². The van der Waals surface area contributed by atoms with Gasteiger partial charge in [-0.1, -0.05) is 46.6 Å². The number of carbonyl (C=O) groups is 1. The van der Waals surface area contributed by atoms with E-state index >= 15 is 0 Å². The molecule has 3 rings (SSSR count). The Bertz CT molecular complexity index is 852. The molecule has 122 valence electrons. The van der Waals surface area contributed by atoms with Gasteiger partial charge in [-0.15, -0.1) is 5.10 Å². The number of nitrogens with zero attached hydrogens (tertiary/aromatic N) is 3. The highest BCUT2D eigenvalue weighted by atomic mass is 35.5. The number of amides is 1. The van der Waals surface area contributed by atoms with Gasteiger partial charge in [-0.05, 0) is 30.3 Å². The van der Waals surface area contributed by atoms with Crippen molar-refractivity contribution in [1.29, 1.82) is 0 Å². The molecule has 8 heteroatoms. The van der Waals surface area contributed by atoms with E-state index in [1.54, 1.807) is 36.5 Å². The summed E-state index contributed by atoms with van der Waals surface area (Å²) in [4.78, 5) is 11.7. The van der Waals surface area contributed by atoms with Crippen LogP contribution in [0.1, 0.15) is 5.69 Å². The first-order chi connectivity index (χ1) is 11.6. The van der Waals surface area contributed by atoms with Crippen molar-refractivity contribution in [3.8, 4) is 5.69 Å². The number of halogens is 2. The third kappa shape index (κ3) is 4.04. The summed E-state index contributed by atoms with van der Waals surface area (Å²) < 4.78 is 6.63. The van der Waals surface area contributed by atoms with E-state index < -0.39 is 6.09 Å². The Hall–Kier alpha value is -2.57. The molecule has 2 aromatic carbocycles. The highest BCUT2D eigenvalue weighted by Crippen LogP contribution is 2.24. The van der Waals surface area contributed by atoms with E-state index in [9.17, 15) is 4.79 Å². The predicted molar refractivity (Wildman–Crippen MR) is 91.6 cm³/mol. The van der Waals surface area contributed by atoms with E-state index in [0.29, 0.717) is 27.1 Å². The first-order valence-electron chi connectivity index (χ1n) is 6.97. The Morgan fingerprint density at radius 1 is 1.12 bits per heavy atom. The maximum Gasteiger partial charge on any atom is 0.412 e. The minimum Gasteiger partial charge on any atom is -0.443 e. The Kier molecular flexibility index (Phi) is 4.98. The minimum absolute atomic E-state index is 0.0000111. The average Bonchev–Trinajstić information content (AvgIpc) is 3.05. The summed E-state index contributed by atoms with van der Waals surface area (Å²) in [5.41, 5.74) is 1.86.